The zero-order valence-corrected chi connectivity index (χ0v) is 9.08. The summed E-state index contributed by atoms with van der Waals surface area (Å²) in [5.74, 6) is -1.85. The molecular weight excluding hydrogens is 252 g/mol. The molecule has 0 atom stereocenters. The molecule has 1 aromatic heterocycles. The summed E-state index contributed by atoms with van der Waals surface area (Å²) in [6.45, 7) is 0. The van der Waals surface area contributed by atoms with Crippen molar-refractivity contribution in [3.8, 4) is 11.6 Å². The number of anilines is 1. The smallest absolute Gasteiger partial charge is 0.225 e. The minimum atomic E-state index is -0.849. The Morgan fingerprint density at radius 2 is 1.94 bits per heavy atom. The zero-order chi connectivity index (χ0) is 12.4. The Balaban J connectivity index is 2.31. The molecule has 0 spiro atoms. The Morgan fingerprint density at radius 1 is 1.18 bits per heavy atom. The predicted molar refractivity (Wildman–Crippen MR) is 57.9 cm³/mol. The van der Waals surface area contributed by atoms with E-state index in [1.807, 2.05) is 0 Å². The average Bonchev–Trinajstić information content (AvgIpc) is 2.21. The van der Waals surface area contributed by atoms with Gasteiger partial charge < -0.3 is 10.5 Å². The van der Waals surface area contributed by atoms with Crippen LogP contribution < -0.4 is 10.5 Å². The van der Waals surface area contributed by atoms with Crippen molar-refractivity contribution in [1.29, 1.82) is 0 Å². The lowest BCUT2D eigenvalue weighted by molar-refractivity contribution is 0.423. The average molecular weight is 258 g/mol. The van der Waals surface area contributed by atoms with Gasteiger partial charge in [0.05, 0.1) is 0 Å². The summed E-state index contributed by atoms with van der Waals surface area (Å²) in [5, 5.41) is 0.0648. The molecule has 1 heterocycles. The maximum Gasteiger partial charge on any atom is 0.225 e. The molecule has 0 bridgehead atoms. The molecule has 2 aromatic rings. The standard InChI is InChI=1S/C10H6ClF2N3O/c11-8-4-9(16-10(14)15-8)17-7-2-1-5(12)3-6(7)13/h1-4H,(H2,14,15,16). The normalized spacial score (nSPS) is 10.3. The molecule has 0 saturated carbocycles. The first kappa shape index (κ1) is 11.5. The van der Waals surface area contributed by atoms with E-state index in [2.05, 4.69) is 9.97 Å². The summed E-state index contributed by atoms with van der Waals surface area (Å²) in [6, 6.07) is 4.16. The third kappa shape index (κ3) is 2.79. The van der Waals surface area contributed by atoms with Crippen LogP contribution in [0, 0.1) is 11.6 Å². The molecule has 0 saturated heterocycles. The lowest BCUT2D eigenvalue weighted by Crippen LogP contribution is -1.98. The van der Waals surface area contributed by atoms with E-state index in [4.69, 9.17) is 22.1 Å². The molecule has 0 fully saturated rings. The van der Waals surface area contributed by atoms with E-state index in [0.717, 1.165) is 12.1 Å². The predicted octanol–water partition coefficient (Wildman–Crippen LogP) is 2.78. The van der Waals surface area contributed by atoms with Crippen LogP contribution >= 0.6 is 11.6 Å². The van der Waals surface area contributed by atoms with Crippen molar-refractivity contribution in [3.05, 3.63) is 41.1 Å². The number of nitrogen functional groups attached to an aromatic ring is 1. The molecule has 0 aliphatic carbocycles. The van der Waals surface area contributed by atoms with E-state index >= 15 is 0 Å². The zero-order valence-electron chi connectivity index (χ0n) is 8.32. The van der Waals surface area contributed by atoms with Crippen LogP contribution in [-0.2, 0) is 0 Å². The fraction of sp³-hybridized carbons (Fsp3) is 0. The number of halogens is 3. The van der Waals surface area contributed by atoms with Crippen LogP contribution in [0.4, 0.5) is 14.7 Å². The Bertz CT molecular complexity index is 545. The first-order valence-electron chi connectivity index (χ1n) is 4.47. The molecule has 0 amide bonds. The molecule has 1 aromatic carbocycles. The number of aromatic nitrogens is 2. The number of benzene rings is 1. The Kier molecular flexibility index (Phi) is 3.06. The maximum absolute atomic E-state index is 13.3. The number of ether oxygens (including phenoxy) is 1. The molecule has 7 heteroatoms. The van der Waals surface area contributed by atoms with Crippen LogP contribution in [-0.4, -0.2) is 9.97 Å². The fourth-order valence-corrected chi connectivity index (χ4v) is 1.32. The second-order valence-electron chi connectivity index (χ2n) is 3.06. The topological polar surface area (TPSA) is 61.0 Å². The summed E-state index contributed by atoms with van der Waals surface area (Å²) in [7, 11) is 0. The Morgan fingerprint density at radius 3 is 2.59 bits per heavy atom. The van der Waals surface area contributed by atoms with Crippen LogP contribution in [0.3, 0.4) is 0 Å². The summed E-state index contributed by atoms with van der Waals surface area (Å²) in [5.41, 5.74) is 5.33. The molecule has 88 valence electrons. The van der Waals surface area contributed by atoms with Crippen LogP contribution in [0.15, 0.2) is 24.3 Å². The van der Waals surface area contributed by atoms with Crippen molar-refractivity contribution in [2.75, 3.05) is 5.73 Å². The van der Waals surface area contributed by atoms with Gasteiger partial charge in [0.25, 0.3) is 0 Å². The van der Waals surface area contributed by atoms with Crippen LogP contribution in [0.2, 0.25) is 5.15 Å². The quantitative estimate of drug-likeness (QED) is 0.841. The van der Waals surface area contributed by atoms with Gasteiger partial charge in [0.15, 0.2) is 11.6 Å². The fourth-order valence-electron chi connectivity index (χ4n) is 1.14. The van der Waals surface area contributed by atoms with Gasteiger partial charge in [-0.05, 0) is 12.1 Å². The Hall–Kier alpha value is -1.95. The monoisotopic (exact) mass is 257 g/mol. The number of nitrogens with zero attached hydrogens (tertiary/aromatic N) is 2. The molecule has 0 radical (unpaired) electrons. The van der Waals surface area contributed by atoms with Crippen molar-refractivity contribution in [2.24, 2.45) is 0 Å². The van der Waals surface area contributed by atoms with E-state index in [0.29, 0.717) is 6.07 Å². The van der Waals surface area contributed by atoms with Crippen molar-refractivity contribution in [3.63, 3.8) is 0 Å². The van der Waals surface area contributed by atoms with Gasteiger partial charge in [0, 0.05) is 12.1 Å². The molecule has 2 N–H and O–H groups in total. The van der Waals surface area contributed by atoms with Gasteiger partial charge in [-0.25, -0.2) is 13.8 Å². The van der Waals surface area contributed by atoms with E-state index in [-0.39, 0.29) is 22.7 Å². The molecule has 0 aliphatic heterocycles. The number of nitrogens with two attached hydrogens (primary N) is 1. The maximum atomic E-state index is 13.3. The van der Waals surface area contributed by atoms with Crippen LogP contribution in [0.25, 0.3) is 0 Å². The summed E-state index contributed by atoms with van der Waals surface area (Å²) in [6.07, 6.45) is 0. The highest BCUT2D eigenvalue weighted by atomic mass is 35.5. The number of hydrogen-bond acceptors (Lipinski definition) is 4. The summed E-state index contributed by atoms with van der Waals surface area (Å²) in [4.78, 5) is 7.30. The van der Waals surface area contributed by atoms with Crippen molar-refractivity contribution < 1.29 is 13.5 Å². The van der Waals surface area contributed by atoms with Gasteiger partial charge in [-0.1, -0.05) is 11.6 Å². The van der Waals surface area contributed by atoms with Gasteiger partial charge in [-0.15, -0.1) is 0 Å². The van der Waals surface area contributed by atoms with Gasteiger partial charge in [0.2, 0.25) is 11.8 Å². The van der Waals surface area contributed by atoms with Gasteiger partial charge in [-0.3, -0.25) is 0 Å². The Labute approximate surface area is 100 Å². The van der Waals surface area contributed by atoms with Crippen molar-refractivity contribution in [1.82, 2.24) is 9.97 Å². The van der Waals surface area contributed by atoms with E-state index in [9.17, 15) is 8.78 Å². The first-order valence-corrected chi connectivity index (χ1v) is 4.85. The number of hydrogen-bond donors (Lipinski definition) is 1. The van der Waals surface area contributed by atoms with Crippen LogP contribution in [0.5, 0.6) is 11.6 Å². The van der Waals surface area contributed by atoms with Crippen molar-refractivity contribution in [2.45, 2.75) is 0 Å². The van der Waals surface area contributed by atoms with Gasteiger partial charge in [0.1, 0.15) is 11.0 Å². The molecular formula is C10H6ClF2N3O. The van der Waals surface area contributed by atoms with Crippen molar-refractivity contribution >= 4 is 17.5 Å². The largest absolute Gasteiger partial charge is 0.436 e. The highest BCUT2D eigenvalue weighted by molar-refractivity contribution is 6.29. The van der Waals surface area contributed by atoms with E-state index < -0.39 is 11.6 Å². The molecule has 0 aliphatic rings. The third-order valence-electron chi connectivity index (χ3n) is 1.80. The molecule has 2 rings (SSSR count). The minimum Gasteiger partial charge on any atom is -0.436 e. The van der Waals surface area contributed by atoms with Crippen LogP contribution in [0.1, 0.15) is 0 Å². The second-order valence-corrected chi connectivity index (χ2v) is 3.45. The third-order valence-corrected chi connectivity index (χ3v) is 1.99. The van der Waals surface area contributed by atoms with Gasteiger partial charge in [-0.2, -0.15) is 4.98 Å². The highest BCUT2D eigenvalue weighted by Gasteiger charge is 2.08. The molecule has 0 unspecified atom stereocenters. The minimum absolute atomic E-state index is 0.0204. The van der Waals surface area contributed by atoms with Gasteiger partial charge >= 0.3 is 0 Å². The van der Waals surface area contributed by atoms with E-state index in [1.54, 1.807) is 0 Å². The second kappa shape index (κ2) is 4.50. The number of rotatable bonds is 2. The summed E-state index contributed by atoms with van der Waals surface area (Å²) >= 11 is 5.62. The summed E-state index contributed by atoms with van der Waals surface area (Å²) < 4.78 is 31.0. The van der Waals surface area contributed by atoms with E-state index in [1.165, 1.54) is 6.07 Å². The molecule has 4 nitrogen and oxygen atoms in total. The SMILES string of the molecule is Nc1nc(Cl)cc(Oc2ccc(F)cc2F)n1. The first-order chi connectivity index (χ1) is 8.04. The molecule has 17 heavy (non-hydrogen) atoms. The highest BCUT2D eigenvalue weighted by Crippen LogP contribution is 2.25. The lowest BCUT2D eigenvalue weighted by Gasteiger charge is -2.06. The lowest BCUT2D eigenvalue weighted by atomic mass is 10.3.